The highest BCUT2D eigenvalue weighted by Gasteiger charge is 2.28. The smallest absolute Gasteiger partial charge is 0.256 e. The molecule has 1 aromatic carbocycles. The standard InChI is InChI=1S/C23H26FN5O2/c24-16-4-1-3-15(13-16)20-5-2-11-28(20)21-10-12-29-22(27-21)19(14-25-29)23(31)26-17-6-8-18(30)9-7-17/h1,3-4,10,12-14,17-18,20,30H,2,5-9,11H2,(H,26,31)/t17?,18?,20-/m1/s1. The number of amides is 1. The van der Waals surface area contributed by atoms with Crippen molar-refractivity contribution in [3.8, 4) is 0 Å². The highest BCUT2D eigenvalue weighted by Crippen LogP contribution is 2.35. The van der Waals surface area contributed by atoms with E-state index in [1.54, 1.807) is 22.8 Å². The molecule has 1 amide bonds. The van der Waals surface area contributed by atoms with Gasteiger partial charge in [-0.15, -0.1) is 0 Å². The lowest BCUT2D eigenvalue weighted by atomic mass is 9.93. The van der Waals surface area contributed by atoms with Gasteiger partial charge in [0, 0.05) is 18.8 Å². The van der Waals surface area contributed by atoms with E-state index in [2.05, 4.69) is 15.3 Å². The second-order valence-electron chi connectivity index (χ2n) is 8.50. The average Bonchev–Trinajstić information content (AvgIpc) is 3.42. The fourth-order valence-electron chi connectivity index (χ4n) is 4.76. The second-order valence-corrected chi connectivity index (χ2v) is 8.50. The van der Waals surface area contributed by atoms with Gasteiger partial charge in [-0.25, -0.2) is 13.9 Å². The van der Waals surface area contributed by atoms with Crippen molar-refractivity contribution in [2.24, 2.45) is 0 Å². The molecule has 2 fully saturated rings. The Balaban J connectivity index is 1.40. The van der Waals surface area contributed by atoms with E-state index < -0.39 is 0 Å². The number of hydrogen-bond donors (Lipinski definition) is 2. The van der Waals surface area contributed by atoms with Crippen LogP contribution in [-0.2, 0) is 0 Å². The van der Waals surface area contributed by atoms with Crippen molar-refractivity contribution in [1.82, 2.24) is 19.9 Å². The first-order chi connectivity index (χ1) is 15.1. The summed E-state index contributed by atoms with van der Waals surface area (Å²) in [6.07, 6.45) is 7.98. The summed E-state index contributed by atoms with van der Waals surface area (Å²) in [6.45, 7) is 0.824. The molecule has 0 bridgehead atoms. The summed E-state index contributed by atoms with van der Waals surface area (Å²) in [6, 6.07) is 8.73. The van der Waals surface area contributed by atoms with Crippen LogP contribution in [0, 0.1) is 5.82 Å². The zero-order valence-electron chi connectivity index (χ0n) is 17.2. The monoisotopic (exact) mass is 423 g/mol. The lowest BCUT2D eigenvalue weighted by Gasteiger charge is -2.26. The molecular formula is C23H26FN5O2. The maximum absolute atomic E-state index is 13.8. The highest BCUT2D eigenvalue weighted by atomic mass is 19.1. The van der Waals surface area contributed by atoms with Gasteiger partial charge in [0.15, 0.2) is 5.65 Å². The van der Waals surface area contributed by atoms with E-state index in [9.17, 15) is 14.3 Å². The Morgan fingerprint density at radius 2 is 2.00 bits per heavy atom. The number of anilines is 1. The zero-order valence-corrected chi connectivity index (χ0v) is 17.2. The quantitative estimate of drug-likeness (QED) is 0.673. The van der Waals surface area contributed by atoms with E-state index in [0.717, 1.165) is 43.6 Å². The molecule has 0 unspecified atom stereocenters. The van der Waals surface area contributed by atoms with Crippen molar-refractivity contribution in [2.45, 2.75) is 56.7 Å². The Bertz CT molecular complexity index is 1090. The van der Waals surface area contributed by atoms with E-state index in [-0.39, 0.29) is 29.9 Å². The van der Waals surface area contributed by atoms with Crippen LogP contribution < -0.4 is 10.2 Å². The number of halogens is 1. The number of benzene rings is 1. The van der Waals surface area contributed by atoms with Gasteiger partial charge in [-0.05, 0) is 62.3 Å². The maximum Gasteiger partial charge on any atom is 0.256 e. The van der Waals surface area contributed by atoms with Gasteiger partial charge in [-0.3, -0.25) is 4.79 Å². The first-order valence-corrected chi connectivity index (χ1v) is 10.9. The molecule has 1 aliphatic heterocycles. The molecule has 1 saturated carbocycles. The van der Waals surface area contributed by atoms with Crippen LogP contribution in [0.2, 0.25) is 0 Å². The molecule has 5 rings (SSSR count). The lowest BCUT2D eigenvalue weighted by molar-refractivity contribution is 0.0869. The lowest BCUT2D eigenvalue weighted by Crippen LogP contribution is -2.38. The number of nitrogens with zero attached hydrogens (tertiary/aromatic N) is 4. The van der Waals surface area contributed by atoms with E-state index in [1.165, 1.54) is 6.07 Å². The van der Waals surface area contributed by atoms with Gasteiger partial charge in [0.2, 0.25) is 0 Å². The number of fused-ring (bicyclic) bond motifs is 1. The predicted octanol–water partition coefficient (Wildman–Crippen LogP) is 3.24. The van der Waals surface area contributed by atoms with Crippen LogP contribution >= 0.6 is 0 Å². The van der Waals surface area contributed by atoms with Crippen molar-refractivity contribution in [2.75, 3.05) is 11.4 Å². The van der Waals surface area contributed by atoms with E-state index in [4.69, 9.17) is 4.98 Å². The van der Waals surface area contributed by atoms with Gasteiger partial charge in [-0.1, -0.05) is 12.1 Å². The van der Waals surface area contributed by atoms with Gasteiger partial charge < -0.3 is 15.3 Å². The first-order valence-electron chi connectivity index (χ1n) is 10.9. The number of aromatic nitrogens is 3. The second kappa shape index (κ2) is 8.26. The third-order valence-corrected chi connectivity index (χ3v) is 6.41. The number of hydrogen-bond acceptors (Lipinski definition) is 5. The van der Waals surface area contributed by atoms with Gasteiger partial charge >= 0.3 is 0 Å². The molecule has 3 heterocycles. The predicted molar refractivity (Wildman–Crippen MR) is 114 cm³/mol. The maximum atomic E-state index is 13.8. The molecular weight excluding hydrogens is 397 g/mol. The third kappa shape index (κ3) is 3.99. The Kier molecular flexibility index (Phi) is 5.31. The molecule has 7 nitrogen and oxygen atoms in total. The topological polar surface area (TPSA) is 82.8 Å². The molecule has 2 aliphatic rings. The van der Waals surface area contributed by atoms with Crippen molar-refractivity contribution in [3.05, 3.63) is 59.7 Å². The molecule has 1 saturated heterocycles. The van der Waals surface area contributed by atoms with E-state index in [1.807, 2.05) is 18.3 Å². The molecule has 0 spiro atoms. The van der Waals surface area contributed by atoms with Crippen LogP contribution in [0.3, 0.4) is 0 Å². The molecule has 2 N–H and O–H groups in total. The molecule has 0 radical (unpaired) electrons. The number of nitrogens with one attached hydrogen (secondary N) is 1. The van der Waals surface area contributed by atoms with Crippen molar-refractivity contribution < 1.29 is 14.3 Å². The van der Waals surface area contributed by atoms with Gasteiger partial charge in [0.1, 0.15) is 17.2 Å². The summed E-state index contributed by atoms with van der Waals surface area (Å²) in [5, 5.41) is 17.0. The minimum Gasteiger partial charge on any atom is -0.393 e. The zero-order chi connectivity index (χ0) is 21.4. The van der Waals surface area contributed by atoms with Crippen LogP contribution in [0.5, 0.6) is 0 Å². The summed E-state index contributed by atoms with van der Waals surface area (Å²) in [5.74, 6) is 0.330. The van der Waals surface area contributed by atoms with Crippen molar-refractivity contribution in [3.63, 3.8) is 0 Å². The molecule has 1 atom stereocenters. The van der Waals surface area contributed by atoms with Crippen LogP contribution in [0.4, 0.5) is 10.2 Å². The largest absolute Gasteiger partial charge is 0.393 e. The van der Waals surface area contributed by atoms with Crippen LogP contribution in [0.25, 0.3) is 5.65 Å². The summed E-state index contributed by atoms with van der Waals surface area (Å²) in [7, 11) is 0. The van der Waals surface area contributed by atoms with Gasteiger partial charge in [-0.2, -0.15) is 5.10 Å². The Morgan fingerprint density at radius 3 is 2.81 bits per heavy atom. The third-order valence-electron chi connectivity index (χ3n) is 6.41. The molecule has 3 aromatic rings. The van der Waals surface area contributed by atoms with Crippen LogP contribution in [0.15, 0.2) is 42.7 Å². The fourth-order valence-corrected chi connectivity index (χ4v) is 4.76. The van der Waals surface area contributed by atoms with Gasteiger partial charge in [0.05, 0.1) is 18.3 Å². The number of carbonyl (C=O) groups excluding carboxylic acids is 1. The SMILES string of the molecule is O=C(NC1CCC(O)CC1)c1cnn2ccc(N3CCC[C@@H]3c3cccc(F)c3)nc12. The molecule has 162 valence electrons. The number of aliphatic hydroxyl groups is 1. The minimum absolute atomic E-state index is 0.0551. The molecule has 31 heavy (non-hydrogen) atoms. The average molecular weight is 423 g/mol. The molecule has 1 aliphatic carbocycles. The van der Waals surface area contributed by atoms with E-state index in [0.29, 0.717) is 24.1 Å². The Labute approximate surface area is 179 Å². The summed E-state index contributed by atoms with van der Waals surface area (Å²) in [4.78, 5) is 19.8. The van der Waals surface area contributed by atoms with Gasteiger partial charge in [0.25, 0.3) is 5.91 Å². The first kappa shape index (κ1) is 19.9. The van der Waals surface area contributed by atoms with Crippen LogP contribution in [0.1, 0.15) is 60.5 Å². The number of carbonyl (C=O) groups is 1. The minimum atomic E-state index is -0.263. The summed E-state index contributed by atoms with van der Waals surface area (Å²) < 4.78 is 15.4. The van der Waals surface area contributed by atoms with Crippen molar-refractivity contribution in [1.29, 1.82) is 0 Å². The normalized spacial score (nSPS) is 23.9. The fraction of sp³-hybridized carbons (Fsp3) is 0.435. The molecule has 8 heteroatoms. The summed E-state index contributed by atoms with van der Waals surface area (Å²) >= 11 is 0. The van der Waals surface area contributed by atoms with E-state index >= 15 is 0 Å². The molecule has 2 aromatic heterocycles. The Hall–Kier alpha value is -3.00. The number of rotatable bonds is 4. The highest BCUT2D eigenvalue weighted by molar-refractivity contribution is 5.99. The Morgan fingerprint density at radius 1 is 1.16 bits per heavy atom. The van der Waals surface area contributed by atoms with Crippen LogP contribution in [-0.4, -0.2) is 44.3 Å². The number of aliphatic hydroxyl groups excluding tert-OH is 1. The summed E-state index contributed by atoms with van der Waals surface area (Å²) in [5.41, 5.74) is 1.88. The van der Waals surface area contributed by atoms with Crippen molar-refractivity contribution >= 4 is 17.4 Å².